The molecule has 2 amide bonds. The summed E-state index contributed by atoms with van der Waals surface area (Å²) in [4.78, 5) is 45.1. The standard InChI is InChI=1S/C18H16N2O5/c1-12(22)19-15-6-8-16(9-7-15)20-17(23)11-25-18(24)14-4-2-13(10-21)3-5-14/h2-10H,11H2,1H3,(H,19,22)(H,20,23). The van der Waals surface area contributed by atoms with Gasteiger partial charge in [-0.2, -0.15) is 0 Å². The van der Waals surface area contributed by atoms with Crippen molar-refractivity contribution in [3.63, 3.8) is 0 Å². The number of rotatable bonds is 6. The van der Waals surface area contributed by atoms with Crippen LogP contribution in [-0.2, 0) is 14.3 Å². The molecule has 0 aliphatic carbocycles. The number of nitrogens with one attached hydrogen (secondary N) is 2. The van der Waals surface area contributed by atoms with Crippen molar-refractivity contribution >= 4 is 35.4 Å². The lowest BCUT2D eigenvalue weighted by Crippen LogP contribution is -2.21. The first kappa shape index (κ1) is 17.9. The molecular formula is C18H16N2O5. The van der Waals surface area contributed by atoms with Gasteiger partial charge >= 0.3 is 5.97 Å². The number of esters is 1. The van der Waals surface area contributed by atoms with Gasteiger partial charge in [-0.1, -0.05) is 12.1 Å². The smallest absolute Gasteiger partial charge is 0.338 e. The molecule has 0 spiro atoms. The molecule has 7 nitrogen and oxygen atoms in total. The minimum absolute atomic E-state index is 0.190. The van der Waals surface area contributed by atoms with Gasteiger partial charge in [0, 0.05) is 23.9 Å². The third-order valence-electron chi connectivity index (χ3n) is 3.11. The first-order valence-corrected chi connectivity index (χ1v) is 7.38. The summed E-state index contributed by atoms with van der Waals surface area (Å²) in [6.07, 6.45) is 0.666. The second-order valence-electron chi connectivity index (χ2n) is 5.12. The van der Waals surface area contributed by atoms with Crippen molar-refractivity contribution < 1.29 is 23.9 Å². The minimum atomic E-state index is -0.659. The highest BCUT2D eigenvalue weighted by molar-refractivity contribution is 5.96. The number of benzene rings is 2. The van der Waals surface area contributed by atoms with Crippen LogP contribution < -0.4 is 10.6 Å². The average Bonchev–Trinajstić information content (AvgIpc) is 2.61. The Morgan fingerprint density at radius 3 is 2.00 bits per heavy atom. The van der Waals surface area contributed by atoms with Crippen LogP contribution >= 0.6 is 0 Å². The fourth-order valence-corrected chi connectivity index (χ4v) is 1.95. The summed E-state index contributed by atoms with van der Waals surface area (Å²) >= 11 is 0. The second kappa shape index (κ2) is 8.39. The van der Waals surface area contributed by atoms with Gasteiger partial charge in [-0.15, -0.1) is 0 Å². The van der Waals surface area contributed by atoms with Gasteiger partial charge in [-0.3, -0.25) is 14.4 Å². The molecule has 0 heterocycles. The number of carbonyl (C=O) groups excluding carboxylic acids is 4. The van der Waals surface area contributed by atoms with E-state index in [4.69, 9.17) is 4.74 Å². The van der Waals surface area contributed by atoms with Crippen LogP contribution in [0.5, 0.6) is 0 Å². The Kier molecular flexibility index (Phi) is 6.00. The highest BCUT2D eigenvalue weighted by Gasteiger charge is 2.10. The molecule has 0 saturated carbocycles. The van der Waals surface area contributed by atoms with Crippen molar-refractivity contribution in [2.24, 2.45) is 0 Å². The molecule has 128 valence electrons. The van der Waals surface area contributed by atoms with Gasteiger partial charge in [-0.25, -0.2) is 4.79 Å². The van der Waals surface area contributed by atoms with E-state index in [0.29, 0.717) is 23.2 Å². The zero-order valence-electron chi connectivity index (χ0n) is 13.4. The van der Waals surface area contributed by atoms with E-state index in [-0.39, 0.29) is 11.5 Å². The molecular weight excluding hydrogens is 324 g/mol. The SMILES string of the molecule is CC(=O)Nc1ccc(NC(=O)COC(=O)c2ccc(C=O)cc2)cc1. The Hall–Kier alpha value is -3.48. The summed E-state index contributed by atoms with van der Waals surface area (Å²) in [7, 11) is 0. The van der Waals surface area contributed by atoms with E-state index in [0.717, 1.165) is 0 Å². The number of amides is 2. The number of ether oxygens (including phenoxy) is 1. The predicted molar refractivity (Wildman–Crippen MR) is 91.5 cm³/mol. The fourth-order valence-electron chi connectivity index (χ4n) is 1.95. The second-order valence-corrected chi connectivity index (χ2v) is 5.12. The molecule has 0 unspecified atom stereocenters. The van der Waals surface area contributed by atoms with Gasteiger partial charge < -0.3 is 15.4 Å². The Labute approximate surface area is 144 Å². The van der Waals surface area contributed by atoms with Crippen LogP contribution in [0.2, 0.25) is 0 Å². The van der Waals surface area contributed by atoms with Gasteiger partial charge in [0.2, 0.25) is 5.91 Å². The van der Waals surface area contributed by atoms with Gasteiger partial charge in [-0.05, 0) is 36.4 Å². The molecule has 25 heavy (non-hydrogen) atoms. The zero-order chi connectivity index (χ0) is 18.2. The van der Waals surface area contributed by atoms with E-state index in [2.05, 4.69) is 10.6 Å². The summed E-state index contributed by atoms with van der Waals surface area (Å²) in [5, 5.41) is 5.18. The Balaban J connectivity index is 1.84. The normalized spacial score (nSPS) is 9.80. The maximum absolute atomic E-state index is 11.8. The predicted octanol–water partition coefficient (Wildman–Crippen LogP) is 2.25. The molecule has 2 N–H and O–H groups in total. The molecule has 0 fully saturated rings. The van der Waals surface area contributed by atoms with Crippen molar-refractivity contribution in [2.75, 3.05) is 17.2 Å². The summed E-state index contributed by atoms with van der Waals surface area (Å²) in [5.74, 6) is -1.34. The first-order valence-electron chi connectivity index (χ1n) is 7.38. The summed E-state index contributed by atoms with van der Waals surface area (Å²) in [5.41, 5.74) is 1.80. The average molecular weight is 340 g/mol. The van der Waals surface area contributed by atoms with Crippen molar-refractivity contribution in [3.8, 4) is 0 Å². The Morgan fingerprint density at radius 2 is 1.48 bits per heavy atom. The van der Waals surface area contributed by atoms with Crippen molar-refractivity contribution in [1.82, 2.24) is 0 Å². The monoisotopic (exact) mass is 340 g/mol. The zero-order valence-corrected chi connectivity index (χ0v) is 13.4. The van der Waals surface area contributed by atoms with Crippen molar-refractivity contribution in [2.45, 2.75) is 6.92 Å². The molecule has 0 aliphatic rings. The van der Waals surface area contributed by atoms with E-state index < -0.39 is 18.5 Å². The lowest BCUT2D eigenvalue weighted by Gasteiger charge is -2.08. The summed E-state index contributed by atoms with van der Waals surface area (Å²) in [6, 6.07) is 12.4. The molecule has 0 atom stereocenters. The molecule has 0 aromatic heterocycles. The van der Waals surface area contributed by atoms with Crippen LogP contribution in [0.1, 0.15) is 27.6 Å². The van der Waals surface area contributed by atoms with Gasteiger partial charge in [0.25, 0.3) is 5.91 Å². The largest absolute Gasteiger partial charge is 0.452 e. The number of hydrogen-bond acceptors (Lipinski definition) is 5. The maximum atomic E-state index is 11.8. The quantitative estimate of drug-likeness (QED) is 0.620. The molecule has 0 radical (unpaired) electrons. The van der Waals surface area contributed by atoms with E-state index in [9.17, 15) is 19.2 Å². The van der Waals surface area contributed by atoms with Crippen molar-refractivity contribution in [1.29, 1.82) is 0 Å². The van der Waals surface area contributed by atoms with Gasteiger partial charge in [0.05, 0.1) is 5.56 Å². The van der Waals surface area contributed by atoms with Crippen LogP contribution in [0.3, 0.4) is 0 Å². The van der Waals surface area contributed by atoms with Crippen LogP contribution in [0.15, 0.2) is 48.5 Å². The Morgan fingerprint density at radius 1 is 0.920 bits per heavy atom. The summed E-state index contributed by atoms with van der Waals surface area (Å²) in [6.45, 7) is 0.957. The third kappa shape index (κ3) is 5.58. The molecule has 7 heteroatoms. The minimum Gasteiger partial charge on any atom is -0.452 e. The van der Waals surface area contributed by atoms with Crippen LogP contribution in [-0.4, -0.2) is 30.7 Å². The van der Waals surface area contributed by atoms with Crippen LogP contribution in [0.25, 0.3) is 0 Å². The van der Waals surface area contributed by atoms with E-state index in [1.165, 1.54) is 31.2 Å². The maximum Gasteiger partial charge on any atom is 0.338 e. The first-order chi connectivity index (χ1) is 12.0. The molecule has 0 saturated heterocycles. The summed E-state index contributed by atoms with van der Waals surface area (Å²) < 4.78 is 4.92. The molecule has 2 aromatic rings. The van der Waals surface area contributed by atoms with E-state index >= 15 is 0 Å². The topological polar surface area (TPSA) is 102 Å². The highest BCUT2D eigenvalue weighted by Crippen LogP contribution is 2.13. The molecule has 2 rings (SSSR count). The lowest BCUT2D eigenvalue weighted by atomic mass is 10.1. The molecule has 2 aromatic carbocycles. The van der Waals surface area contributed by atoms with E-state index in [1.54, 1.807) is 24.3 Å². The molecule has 0 bridgehead atoms. The van der Waals surface area contributed by atoms with Crippen molar-refractivity contribution in [3.05, 3.63) is 59.7 Å². The Bertz CT molecular complexity index is 782. The fraction of sp³-hybridized carbons (Fsp3) is 0.111. The number of hydrogen-bond donors (Lipinski definition) is 2. The highest BCUT2D eigenvalue weighted by atomic mass is 16.5. The van der Waals surface area contributed by atoms with Gasteiger partial charge in [0.15, 0.2) is 6.61 Å². The number of carbonyl (C=O) groups is 4. The van der Waals surface area contributed by atoms with Crippen LogP contribution in [0, 0.1) is 0 Å². The number of anilines is 2. The lowest BCUT2D eigenvalue weighted by molar-refractivity contribution is -0.119. The molecule has 0 aliphatic heterocycles. The van der Waals surface area contributed by atoms with Crippen LogP contribution in [0.4, 0.5) is 11.4 Å². The van der Waals surface area contributed by atoms with Gasteiger partial charge in [0.1, 0.15) is 6.29 Å². The number of aldehydes is 1. The van der Waals surface area contributed by atoms with E-state index in [1.807, 2.05) is 0 Å². The third-order valence-corrected chi connectivity index (χ3v) is 3.11.